The molecule has 0 spiro atoms. The van der Waals surface area contributed by atoms with Gasteiger partial charge in [0.25, 0.3) is 0 Å². The molecule has 3 heterocycles. The van der Waals surface area contributed by atoms with Crippen molar-refractivity contribution in [3.8, 4) is 0 Å². The number of nitrogens with one attached hydrogen (secondary N) is 1. The van der Waals surface area contributed by atoms with Gasteiger partial charge in [-0.3, -0.25) is 15.0 Å². The predicted octanol–water partition coefficient (Wildman–Crippen LogP) is 0.243. The first-order valence-corrected chi connectivity index (χ1v) is 9.91. The van der Waals surface area contributed by atoms with Crippen molar-refractivity contribution in [2.75, 3.05) is 88.1 Å². The SMILES string of the molecule is CCN1CCN(c2nc(NCCCN3CCOCC3)nc(N)c2[N+](=O)[O-])CC1. The number of hydrogen-bond donors (Lipinski definition) is 2. The van der Waals surface area contributed by atoms with Gasteiger partial charge in [-0.1, -0.05) is 6.92 Å². The van der Waals surface area contributed by atoms with Crippen LogP contribution in [0.5, 0.6) is 0 Å². The molecule has 11 heteroatoms. The molecule has 1 aromatic rings. The Morgan fingerprint density at radius 3 is 2.50 bits per heavy atom. The Morgan fingerprint density at radius 1 is 1.14 bits per heavy atom. The summed E-state index contributed by atoms with van der Waals surface area (Å²) in [5.74, 6) is 0.561. The second-order valence-corrected chi connectivity index (χ2v) is 7.02. The van der Waals surface area contributed by atoms with Crippen LogP contribution in [0.2, 0.25) is 0 Å². The third kappa shape index (κ3) is 5.18. The number of piperazine rings is 1. The van der Waals surface area contributed by atoms with E-state index in [2.05, 4.69) is 32.0 Å². The molecule has 28 heavy (non-hydrogen) atoms. The molecule has 0 aromatic carbocycles. The molecule has 0 aliphatic carbocycles. The molecule has 0 unspecified atom stereocenters. The Hall–Kier alpha value is -2.24. The molecule has 11 nitrogen and oxygen atoms in total. The van der Waals surface area contributed by atoms with Gasteiger partial charge in [0.15, 0.2) is 0 Å². The molecule has 2 fully saturated rings. The van der Waals surface area contributed by atoms with Gasteiger partial charge in [-0.25, -0.2) is 0 Å². The van der Waals surface area contributed by atoms with E-state index in [1.165, 1.54) is 0 Å². The minimum atomic E-state index is -0.487. The van der Waals surface area contributed by atoms with Gasteiger partial charge in [0, 0.05) is 45.8 Å². The highest BCUT2D eigenvalue weighted by molar-refractivity contribution is 5.71. The third-order valence-corrected chi connectivity index (χ3v) is 5.23. The first-order chi connectivity index (χ1) is 13.6. The van der Waals surface area contributed by atoms with E-state index in [1.54, 1.807) is 0 Å². The zero-order valence-electron chi connectivity index (χ0n) is 16.5. The van der Waals surface area contributed by atoms with Crippen molar-refractivity contribution >= 4 is 23.3 Å². The highest BCUT2D eigenvalue weighted by atomic mass is 16.6. The fraction of sp³-hybridized carbons (Fsp3) is 0.765. The van der Waals surface area contributed by atoms with Gasteiger partial charge < -0.3 is 25.6 Å². The van der Waals surface area contributed by atoms with Crippen molar-refractivity contribution < 1.29 is 9.66 Å². The number of nitrogens with two attached hydrogens (primary N) is 1. The van der Waals surface area contributed by atoms with Crippen LogP contribution in [0, 0.1) is 10.1 Å². The van der Waals surface area contributed by atoms with Crippen molar-refractivity contribution in [1.82, 2.24) is 19.8 Å². The summed E-state index contributed by atoms with van der Waals surface area (Å²) >= 11 is 0. The lowest BCUT2D eigenvalue weighted by Gasteiger charge is -2.34. The molecule has 2 saturated heterocycles. The summed E-state index contributed by atoms with van der Waals surface area (Å²) in [5, 5.41) is 14.7. The first kappa shape index (κ1) is 20.5. The summed E-state index contributed by atoms with van der Waals surface area (Å²) < 4.78 is 5.35. The molecule has 0 bridgehead atoms. The Bertz CT molecular complexity index is 660. The minimum Gasteiger partial charge on any atom is -0.379 e. The summed E-state index contributed by atoms with van der Waals surface area (Å²) in [4.78, 5) is 26.2. The Kier molecular flexibility index (Phi) is 7.18. The number of likely N-dealkylation sites (N-methyl/N-ethyl adjacent to an activating group) is 1. The summed E-state index contributed by atoms with van der Waals surface area (Å²) in [7, 11) is 0. The summed E-state index contributed by atoms with van der Waals surface area (Å²) in [6.45, 7) is 11.3. The summed E-state index contributed by atoms with van der Waals surface area (Å²) in [6, 6.07) is 0. The number of morpholine rings is 1. The number of hydrogen-bond acceptors (Lipinski definition) is 10. The second kappa shape index (κ2) is 9.80. The molecular formula is C17H30N8O3. The predicted molar refractivity (Wildman–Crippen MR) is 108 cm³/mol. The van der Waals surface area contributed by atoms with Crippen LogP contribution in [0.25, 0.3) is 0 Å². The number of anilines is 3. The second-order valence-electron chi connectivity index (χ2n) is 7.02. The Morgan fingerprint density at radius 2 is 1.86 bits per heavy atom. The molecule has 2 aliphatic rings. The number of aromatic nitrogens is 2. The van der Waals surface area contributed by atoms with E-state index in [-0.39, 0.29) is 11.5 Å². The van der Waals surface area contributed by atoms with E-state index in [0.29, 0.717) is 31.4 Å². The third-order valence-electron chi connectivity index (χ3n) is 5.23. The Labute approximate surface area is 165 Å². The van der Waals surface area contributed by atoms with Crippen LogP contribution in [0.1, 0.15) is 13.3 Å². The van der Waals surface area contributed by atoms with Crippen molar-refractivity contribution in [3.63, 3.8) is 0 Å². The van der Waals surface area contributed by atoms with Crippen LogP contribution < -0.4 is 16.0 Å². The highest BCUT2D eigenvalue weighted by Crippen LogP contribution is 2.32. The Balaban J connectivity index is 1.63. The average molecular weight is 394 g/mol. The maximum Gasteiger partial charge on any atom is 0.353 e. The molecule has 0 radical (unpaired) electrons. The van der Waals surface area contributed by atoms with Crippen LogP contribution in [0.3, 0.4) is 0 Å². The van der Waals surface area contributed by atoms with Gasteiger partial charge >= 0.3 is 5.69 Å². The lowest BCUT2D eigenvalue weighted by Crippen LogP contribution is -2.46. The smallest absolute Gasteiger partial charge is 0.353 e. The van der Waals surface area contributed by atoms with Gasteiger partial charge in [-0.05, 0) is 19.5 Å². The minimum absolute atomic E-state index is 0.0939. The fourth-order valence-electron chi connectivity index (χ4n) is 3.54. The standard InChI is InChI=1S/C17H30N8O3/c1-2-22-6-8-24(9-7-22)16-14(25(26)27)15(18)20-17(21-16)19-4-3-5-23-10-12-28-13-11-23/h2-13H2,1H3,(H3,18,19,20,21). The van der Waals surface area contributed by atoms with Crippen LogP contribution >= 0.6 is 0 Å². The van der Waals surface area contributed by atoms with E-state index >= 15 is 0 Å². The maximum absolute atomic E-state index is 11.5. The van der Waals surface area contributed by atoms with Crippen molar-refractivity contribution in [2.24, 2.45) is 0 Å². The molecule has 3 rings (SSSR count). The zero-order chi connectivity index (χ0) is 19.9. The molecular weight excluding hydrogens is 364 g/mol. The average Bonchev–Trinajstić information content (AvgIpc) is 2.71. The highest BCUT2D eigenvalue weighted by Gasteiger charge is 2.29. The maximum atomic E-state index is 11.5. The summed E-state index contributed by atoms with van der Waals surface area (Å²) in [6.07, 6.45) is 0.921. The molecule has 3 N–H and O–H groups in total. The number of nitro groups is 1. The van der Waals surface area contributed by atoms with Crippen molar-refractivity contribution in [2.45, 2.75) is 13.3 Å². The lowest BCUT2D eigenvalue weighted by atomic mass is 10.3. The van der Waals surface area contributed by atoms with E-state index < -0.39 is 4.92 Å². The number of nitrogen functional groups attached to an aromatic ring is 1. The van der Waals surface area contributed by atoms with E-state index in [0.717, 1.165) is 58.9 Å². The van der Waals surface area contributed by atoms with Crippen LogP contribution in [-0.4, -0.2) is 96.8 Å². The van der Waals surface area contributed by atoms with Gasteiger partial charge in [0.2, 0.25) is 17.6 Å². The molecule has 0 saturated carbocycles. The first-order valence-electron chi connectivity index (χ1n) is 9.91. The largest absolute Gasteiger partial charge is 0.379 e. The van der Waals surface area contributed by atoms with Crippen molar-refractivity contribution in [3.05, 3.63) is 10.1 Å². The van der Waals surface area contributed by atoms with Crippen molar-refractivity contribution in [1.29, 1.82) is 0 Å². The van der Waals surface area contributed by atoms with Crippen LogP contribution in [-0.2, 0) is 4.74 Å². The molecule has 1 aromatic heterocycles. The van der Waals surface area contributed by atoms with E-state index in [9.17, 15) is 10.1 Å². The molecule has 0 atom stereocenters. The van der Waals surface area contributed by atoms with E-state index in [4.69, 9.17) is 10.5 Å². The van der Waals surface area contributed by atoms with Gasteiger partial charge in [-0.2, -0.15) is 9.97 Å². The van der Waals surface area contributed by atoms with Crippen LogP contribution in [0.4, 0.5) is 23.3 Å². The van der Waals surface area contributed by atoms with Gasteiger partial charge in [-0.15, -0.1) is 0 Å². The molecule has 2 aliphatic heterocycles. The van der Waals surface area contributed by atoms with Crippen LogP contribution in [0.15, 0.2) is 0 Å². The zero-order valence-corrected chi connectivity index (χ0v) is 16.5. The number of nitrogens with zero attached hydrogens (tertiary/aromatic N) is 6. The van der Waals surface area contributed by atoms with E-state index in [1.807, 2.05) is 4.90 Å². The van der Waals surface area contributed by atoms with Gasteiger partial charge in [0.05, 0.1) is 18.1 Å². The summed E-state index contributed by atoms with van der Waals surface area (Å²) in [5.41, 5.74) is 5.71. The lowest BCUT2D eigenvalue weighted by molar-refractivity contribution is -0.383. The van der Waals surface area contributed by atoms with Gasteiger partial charge in [0.1, 0.15) is 0 Å². The molecule has 156 valence electrons. The topological polar surface area (TPSA) is 126 Å². The number of ether oxygens (including phenoxy) is 1. The fourth-order valence-corrected chi connectivity index (χ4v) is 3.54. The number of rotatable bonds is 8. The normalized spacial score (nSPS) is 19.0. The molecule has 0 amide bonds. The monoisotopic (exact) mass is 394 g/mol. The quantitative estimate of drug-likeness (QED) is 0.360.